The monoisotopic (exact) mass is 277 g/mol. The molecule has 0 aliphatic carbocycles. The van der Waals surface area contributed by atoms with E-state index in [2.05, 4.69) is 20.9 Å². The first-order valence-corrected chi connectivity index (χ1v) is 5.84. The Morgan fingerprint density at radius 2 is 2.06 bits per heavy atom. The van der Waals surface area contributed by atoms with Crippen molar-refractivity contribution in [1.29, 1.82) is 0 Å². The highest BCUT2D eigenvalue weighted by Gasteiger charge is 1.99. The number of hydrogen-bond donors (Lipinski definition) is 0. The zero-order valence-electron chi connectivity index (χ0n) is 8.98. The van der Waals surface area contributed by atoms with E-state index in [1.54, 1.807) is 6.20 Å². The fourth-order valence-corrected chi connectivity index (χ4v) is 1.82. The van der Waals surface area contributed by atoms with Crippen LogP contribution < -0.4 is 4.74 Å². The summed E-state index contributed by atoms with van der Waals surface area (Å²) < 4.78 is 6.56. The summed E-state index contributed by atoms with van der Waals surface area (Å²) in [6.45, 7) is 2.60. The van der Waals surface area contributed by atoms with Crippen LogP contribution in [0.5, 0.6) is 5.75 Å². The van der Waals surface area contributed by atoms with E-state index >= 15 is 0 Å². The summed E-state index contributed by atoms with van der Waals surface area (Å²) in [6.07, 6.45) is 1.76. The zero-order valence-corrected chi connectivity index (χ0v) is 10.6. The summed E-state index contributed by atoms with van der Waals surface area (Å²) in [4.78, 5) is 4.07. The van der Waals surface area contributed by atoms with Crippen molar-refractivity contribution in [1.82, 2.24) is 4.98 Å². The molecule has 0 spiro atoms. The van der Waals surface area contributed by atoms with Crippen molar-refractivity contribution in [3.05, 3.63) is 58.3 Å². The van der Waals surface area contributed by atoms with Crippen LogP contribution in [-0.4, -0.2) is 4.98 Å². The Hall–Kier alpha value is -1.35. The number of ether oxygens (including phenoxy) is 1. The van der Waals surface area contributed by atoms with Gasteiger partial charge in [-0.05, 0) is 52.2 Å². The summed E-state index contributed by atoms with van der Waals surface area (Å²) >= 11 is 3.34. The van der Waals surface area contributed by atoms with E-state index in [9.17, 15) is 0 Å². The van der Waals surface area contributed by atoms with Gasteiger partial charge < -0.3 is 4.74 Å². The number of nitrogens with zero attached hydrogens (tertiary/aromatic N) is 1. The van der Waals surface area contributed by atoms with Crippen molar-refractivity contribution < 1.29 is 4.74 Å². The number of aryl methyl sites for hydroxylation is 1. The molecule has 1 heterocycles. The summed E-state index contributed by atoms with van der Waals surface area (Å²) in [5.74, 6) is 0.926. The van der Waals surface area contributed by atoms with E-state index in [4.69, 9.17) is 4.74 Å². The molecule has 3 heteroatoms. The molecule has 0 saturated carbocycles. The lowest BCUT2D eigenvalue weighted by molar-refractivity contribution is 0.304. The van der Waals surface area contributed by atoms with E-state index in [0.717, 1.165) is 21.5 Å². The van der Waals surface area contributed by atoms with Crippen LogP contribution >= 0.6 is 15.9 Å². The Morgan fingerprint density at radius 3 is 2.81 bits per heavy atom. The van der Waals surface area contributed by atoms with Crippen LogP contribution in [0.3, 0.4) is 0 Å². The van der Waals surface area contributed by atoms with Crippen LogP contribution in [0.15, 0.2) is 47.2 Å². The number of aromatic nitrogens is 1. The molecule has 2 aromatic rings. The third-order valence-electron chi connectivity index (χ3n) is 2.28. The molecule has 0 atom stereocenters. The predicted molar refractivity (Wildman–Crippen MR) is 67.4 cm³/mol. The summed E-state index contributed by atoms with van der Waals surface area (Å²) in [5, 5.41) is 0. The van der Waals surface area contributed by atoms with Crippen LogP contribution in [0.25, 0.3) is 0 Å². The SMILES string of the molecule is Cc1ccccc1OCc1ccnc(Br)c1. The van der Waals surface area contributed by atoms with Crippen molar-refractivity contribution in [3.63, 3.8) is 0 Å². The second-order valence-electron chi connectivity index (χ2n) is 3.54. The molecule has 0 bridgehead atoms. The molecule has 0 aliphatic heterocycles. The van der Waals surface area contributed by atoms with E-state index in [1.807, 2.05) is 43.3 Å². The van der Waals surface area contributed by atoms with Gasteiger partial charge in [0.1, 0.15) is 17.0 Å². The first kappa shape index (κ1) is 11.1. The number of benzene rings is 1. The maximum Gasteiger partial charge on any atom is 0.122 e. The van der Waals surface area contributed by atoms with E-state index < -0.39 is 0 Å². The summed E-state index contributed by atoms with van der Waals surface area (Å²) in [5.41, 5.74) is 2.25. The average molecular weight is 278 g/mol. The van der Waals surface area contributed by atoms with Crippen LogP contribution in [0.2, 0.25) is 0 Å². The molecule has 2 nitrogen and oxygen atoms in total. The van der Waals surface area contributed by atoms with Gasteiger partial charge in [0.05, 0.1) is 0 Å². The lowest BCUT2D eigenvalue weighted by atomic mass is 10.2. The van der Waals surface area contributed by atoms with Gasteiger partial charge in [-0.2, -0.15) is 0 Å². The summed E-state index contributed by atoms with van der Waals surface area (Å²) in [7, 11) is 0. The maximum atomic E-state index is 5.73. The van der Waals surface area contributed by atoms with Gasteiger partial charge in [-0.25, -0.2) is 4.98 Å². The lowest BCUT2D eigenvalue weighted by Crippen LogP contribution is -1.97. The Kier molecular flexibility index (Phi) is 3.57. The third kappa shape index (κ3) is 2.83. The molecule has 0 radical (unpaired) electrons. The highest BCUT2D eigenvalue weighted by molar-refractivity contribution is 9.10. The van der Waals surface area contributed by atoms with Gasteiger partial charge in [-0.15, -0.1) is 0 Å². The molecular weight excluding hydrogens is 266 g/mol. The third-order valence-corrected chi connectivity index (χ3v) is 2.71. The van der Waals surface area contributed by atoms with Crippen LogP contribution in [-0.2, 0) is 6.61 Å². The first-order valence-electron chi connectivity index (χ1n) is 5.04. The van der Waals surface area contributed by atoms with Crippen molar-refractivity contribution in [2.75, 3.05) is 0 Å². The Bertz CT molecular complexity index is 485. The Labute approximate surface area is 103 Å². The van der Waals surface area contributed by atoms with Gasteiger partial charge in [-0.3, -0.25) is 0 Å². The Balaban J connectivity index is 2.05. The number of hydrogen-bond acceptors (Lipinski definition) is 2. The first-order chi connectivity index (χ1) is 7.75. The number of para-hydroxylation sites is 1. The van der Waals surface area contributed by atoms with Gasteiger partial charge in [0, 0.05) is 6.20 Å². The number of pyridine rings is 1. The van der Waals surface area contributed by atoms with Crippen LogP contribution in [0, 0.1) is 6.92 Å². The van der Waals surface area contributed by atoms with Crippen molar-refractivity contribution in [2.24, 2.45) is 0 Å². The fraction of sp³-hybridized carbons (Fsp3) is 0.154. The average Bonchev–Trinajstić information content (AvgIpc) is 2.28. The van der Waals surface area contributed by atoms with E-state index in [-0.39, 0.29) is 0 Å². The second kappa shape index (κ2) is 5.12. The van der Waals surface area contributed by atoms with Gasteiger partial charge in [0.2, 0.25) is 0 Å². The molecule has 0 aliphatic rings. The highest BCUT2D eigenvalue weighted by Crippen LogP contribution is 2.18. The van der Waals surface area contributed by atoms with Crippen LogP contribution in [0.1, 0.15) is 11.1 Å². The number of halogens is 1. The normalized spacial score (nSPS) is 10.1. The molecule has 1 aromatic heterocycles. The molecule has 0 fully saturated rings. The Morgan fingerprint density at radius 1 is 1.25 bits per heavy atom. The van der Waals surface area contributed by atoms with Crippen molar-refractivity contribution in [2.45, 2.75) is 13.5 Å². The smallest absolute Gasteiger partial charge is 0.122 e. The molecule has 82 valence electrons. The topological polar surface area (TPSA) is 22.1 Å². The standard InChI is InChI=1S/C13H12BrNO/c1-10-4-2-3-5-12(10)16-9-11-6-7-15-13(14)8-11/h2-8H,9H2,1H3. The minimum absolute atomic E-state index is 0.561. The zero-order chi connectivity index (χ0) is 11.4. The van der Waals surface area contributed by atoms with Gasteiger partial charge in [-0.1, -0.05) is 18.2 Å². The molecule has 0 amide bonds. The molecular formula is C13H12BrNO. The van der Waals surface area contributed by atoms with Gasteiger partial charge in [0.15, 0.2) is 0 Å². The largest absolute Gasteiger partial charge is 0.489 e. The summed E-state index contributed by atoms with van der Waals surface area (Å²) in [6, 6.07) is 11.9. The molecule has 16 heavy (non-hydrogen) atoms. The lowest BCUT2D eigenvalue weighted by Gasteiger charge is -2.08. The van der Waals surface area contributed by atoms with Gasteiger partial charge in [0.25, 0.3) is 0 Å². The number of rotatable bonds is 3. The molecule has 0 N–H and O–H groups in total. The quantitative estimate of drug-likeness (QED) is 0.798. The van der Waals surface area contributed by atoms with Gasteiger partial charge >= 0.3 is 0 Å². The molecule has 1 aromatic carbocycles. The maximum absolute atomic E-state index is 5.73. The second-order valence-corrected chi connectivity index (χ2v) is 4.35. The predicted octanol–water partition coefficient (Wildman–Crippen LogP) is 3.73. The minimum Gasteiger partial charge on any atom is -0.489 e. The molecule has 0 saturated heterocycles. The minimum atomic E-state index is 0.561. The van der Waals surface area contributed by atoms with Crippen molar-refractivity contribution >= 4 is 15.9 Å². The van der Waals surface area contributed by atoms with Crippen LogP contribution in [0.4, 0.5) is 0 Å². The van der Waals surface area contributed by atoms with E-state index in [0.29, 0.717) is 6.61 Å². The molecule has 2 rings (SSSR count). The molecule has 0 unspecified atom stereocenters. The van der Waals surface area contributed by atoms with E-state index in [1.165, 1.54) is 0 Å². The fourth-order valence-electron chi connectivity index (χ4n) is 1.41. The van der Waals surface area contributed by atoms with Crippen molar-refractivity contribution in [3.8, 4) is 5.75 Å². The highest BCUT2D eigenvalue weighted by atomic mass is 79.9.